The fourth-order valence-corrected chi connectivity index (χ4v) is 2.29. The van der Waals surface area contributed by atoms with Crippen LogP contribution in [0, 0.1) is 0 Å². The number of hydrogen-bond acceptors (Lipinski definition) is 2. The van der Waals surface area contributed by atoms with E-state index in [-0.39, 0.29) is 6.04 Å². The van der Waals surface area contributed by atoms with Crippen LogP contribution in [0.5, 0.6) is 0 Å². The molecule has 0 bridgehead atoms. The summed E-state index contributed by atoms with van der Waals surface area (Å²) in [5.41, 5.74) is 8.48. The van der Waals surface area contributed by atoms with Crippen molar-refractivity contribution >= 4 is 0 Å². The van der Waals surface area contributed by atoms with E-state index in [1.807, 2.05) is 24.4 Å². The fourth-order valence-electron chi connectivity index (χ4n) is 2.29. The molecule has 0 fully saturated rings. The van der Waals surface area contributed by atoms with E-state index >= 15 is 0 Å². The van der Waals surface area contributed by atoms with Crippen molar-refractivity contribution in [3.8, 4) is 11.4 Å². The Labute approximate surface area is 94.9 Å². The number of fused-ring (bicyclic) bond motifs is 1. The minimum Gasteiger partial charge on any atom is -0.327 e. The van der Waals surface area contributed by atoms with Gasteiger partial charge in [-0.2, -0.15) is 0 Å². The van der Waals surface area contributed by atoms with E-state index in [9.17, 15) is 0 Å². The van der Waals surface area contributed by atoms with Crippen LogP contribution in [0.2, 0.25) is 0 Å². The third-order valence-corrected chi connectivity index (χ3v) is 3.16. The predicted octanol–water partition coefficient (Wildman–Crippen LogP) is 1.82. The third-order valence-electron chi connectivity index (χ3n) is 3.16. The first-order valence-corrected chi connectivity index (χ1v) is 5.70. The lowest BCUT2D eigenvalue weighted by atomic mass is 10.1. The molecule has 1 aliphatic heterocycles. The molecule has 0 amide bonds. The van der Waals surface area contributed by atoms with Gasteiger partial charge in [0, 0.05) is 30.0 Å². The first-order valence-electron chi connectivity index (χ1n) is 5.70. The molecule has 0 saturated carbocycles. The average Bonchev–Trinajstić information content (AvgIpc) is 2.73. The van der Waals surface area contributed by atoms with E-state index in [0.717, 1.165) is 25.2 Å². The normalized spacial score (nSPS) is 19.4. The summed E-state index contributed by atoms with van der Waals surface area (Å²) in [6, 6.07) is 10.6. The molecule has 1 unspecified atom stereocenters. The monoisotopic (exact) mass is 213 g/mol. The van der Waals surface area contributed by atoms with E-state index < -0.39 is 0 Å². The van der Waals surface area contributed by atoms with Gasteiger partial charge >= 0.3 is 0 Å². The molecular weight excluding hydrogens is 198 g/mol. The zero-order chi connectivity index (χ0) is 11.0. The number of rotatable bonds is 1. The van der Waals surface area contributed by atoms with Gasteiger partial charge in [-0.3, -0.25) is 0 Å². The fraction of sp³-hybridized carbons (Fsp3) is 0.308. The topological polar surface area (TPSA) is 43.8 Å². The van der Waals surface area contributed by atoms with Gasteiger partial charge < -0.3 is 10.3 Å². The lowest BCUT2D eigenvalue weighted by Gasteiger charge is -2.22. The molecule has 2 heterocycles. The average molecular weight is 213 g/mol. The molecule has 1 aromatic carbocycles. The molecule has 2 aromatic rings. The molecule has 3 nitrogen and oxygen atoms in total. The van der Waals surface area contributed by atoms with Crippen molar-refractivity contribution in [3.05, 3.63) is 42.2 Å². The maximum absolute atomic E-state index is 6.01. The van der Waals surface area contributed by atoms with Crippen molar-refractivity contribution < 1.29 is 0 Å². The Morgan fingerprint density at radius 2 is 2.06 bits per heavy atom. The largest absolute Gasteiger partial charge is 0.327 e. The van der Waals surface area contributed by atoms with E-state index in [1.54, 1.807) is 0 Å². The van der Waals surface area contributed by atoms with Gasteiger partial charge in [-0.15, -0.1) is 0 Å². The standard InChI is InChI=1S/C13H15N3/c14-11-6-7-12-8-15-13(16(12)9-11)10-4-2-1-3-5-10/h1-5,8,11H,6-7,9,14H2. The Hall–Kier alpha value is -1.61. The van der Waals surface area contributed by atoms with Crippen LogP contribution in [0.3, 0.4) is 0 Å². The van der Waals surface area contributed by atoms with Crippen LogP contribution < -0.4 is 5.73 Å². The summed E-state index contributed by atoms with van der Waals surface area (Å²) < 4.78 is 2.25. The summed E-state index contributed by atoms with van der Waals surface area (Å²) in [5, 5.41) is 0. The van der Waals surface area contributed by atoms with Gasteiger partial charge in [-0.1, -0.05) is 30.3 Å². The second-order valence-electron chi connectivity index (χ2n) is 4.35. The van der Waals surface area contributed by atoms with Crippen LogP contribution in [0.25, 0.3) is 11.4 Å². The second kappa shape index (κ2) is 3.76. The predicted molar refractivity (Wildman–Crippen MR) is 64.0 cm³/mol. The second-order valence-corrected chi connectivity index (χ2v) is 4.35. The lowest BCUT2D eigenvalue weighted by Crippen LogP contribution is -2.31. The van der Waals surface area contributed by atoms with Gasteiger partial charge in [0.1, 0.15) is 5.82 Å². The van der Waals surface area contributed by atoms with Crippen LogP contribution in [0.1, 0.15) is 12.1 Å². The minimum absolute atomic E-state index is 0.268. The minimum atomic E-state index is 0.268. The van der Waals surface area contributed by atoms with Crippen LogP contribution in [0.4, 0.5) is 0 Å². The highest BCUT2D eigenvalue weighted by molar-refractivity contribution is 5.56. The smallest absolute Gasteiger partial charge is 0.140 e. The number of nitrogens with zero attached hydrogens (tertiary/aromatic N) is 2. The van der Waals surface area contributed by atoms with Crippen molar-refractivity contribution in [3.63, 3.8) is 0 Å². The molecule has 1 aromatic heterocycles. The number of aromatic nitrogens is 2. The summed E-state index contributed by atoms with van der Waals surface area (Å²) in [7, 11) is 0. The van der Waals surface area contributed by atoms with E-state index in [0.29, 0.717) is 0 Å². The van der Waals surface area contributed by atoms with Crippen LogP contribution in [0.15, 0.2) is 36.5 Å². The van der Waals surface area contributed by atoms with Crippen LogP contribution in [-0.2, 0) is 13.0 Å². The summed E-state index contributed by atoms with van der Waals surface area (Å²) >= 11 is 0. The molecule has 3 heteroatoms. The quantitative estimate of drug-likeness (QED) is 0.785. The van der Waals surface area contributed by atoms with Gasteiger partial charge in [0.05, 0.1) is 0 Å². The summed E-state index contributed by atoms with van der Waals surface area (Å²) in [5.74, 6) is 1.05. The molecular formula is C13H15N3. The molecule has 16 heavy (non-hydrogen) atoms. The number of benzene rings is 1. The molecule has 0 radical (unpaired) electrons. The zero-order valence-corrected chi connectivity index (χ0v) is 9.13. The number of imidazole rings is 1. The molecule has 0 aliphatic carbocycles. The van der Waals surface area contributed by atoms with Crippen molar-refractivity contribution in [2.24, 2.45) is 5.73 Å². The van der Waals surface area contributed by atoms with Gasteiger partial charge in [0.25, 0.3) is 0 Å². The van der Waals surface area contributed by atoms with Crippen molar-refractivity contribution in [1.82, 2.24) is 9.55 Å². The SMILES string of the molecule is NC1CCc2cnc(-c3ccccc3)n2C1. The van der Waals surface area contributed by atoms with Gasteiger partial charge in [-0.25, -0.2) is 4.98 Å². The Balaban J connectivity index is 2.07. The highest BCUT2D eigenvalue weighted by atomic mass is 15.1. The molecule has 1 aliphatic rings. The number of aryl methyl sites for hydroxylation is 1. The summed E-state index contributed by atoms with van der Waals surface area (Å²) in [4.78, 5) is 4.51. The first-order chi connectivity index (χ1) is 7.84. The number of hydrogen-bond donors (Lipinski definition) is 1. The van der Waals surface area contributed by atoms with Gasteiger partial charge in [0.15, 0.2) is 0 Å². The molecule has 0 saturated heterocycles. The van der Waals surface area contributed by atoms with Crippen LogP contribution >= 0.6 is 0 Å². The Bertz CT molecular complexity index is 487. The van der Waals surface area contributed by atoms with Crippen molar-refractivity contribution in [2.75, 3.05) is 0 Å². The maximum Gasteiger partial charge on any atom is 0.140 e. The van der Waals surface area contributed by atoms with Gasteiger partial charge in [0.2, 0.25) is 0 Å². The van der Waals surface area contributed by atoms with Crippen LogP contribution in [-0.4, -0.2) is 15.6 Å². The lowest BCUT2D eigenvalue weighted by molar-refractivity contribution is 0.463. The molecule has 82 valence electrons. The molecule has 0 spiro atoms. The Kier molecular flexibility index (Phi) is 2.26. The molecule has 1 atom stereocenters. The van der Waals surface area contributed by atoms with E-state index in [1.165, 1.54) is 11.3 Å². The molecule has 3 rings (SSSR count). The third kappa shape index (κ3) is 1.53. The summed E-state index contributed by atoms with van der Waals surface area (Å²) in [6.45, 7) is 0.888. The summed E-state index contributed by atoms with van der Waals surface area (Å²) in [6.07, 6.45) is 4.09. The maximum atomic E-state index is 6.01. The van der Waals surface area contributed by atoms with Gasteiger partial charge in [-0.05, 0) is 12.8 Å². The highest BCUT2D eigenvalue weighted by Gasteiger charge is 2.19. The van der Waals surface area contributed by atoms with E-state index in [4.69, 9.17) is 5.73 Å². The number of nitrogens with two attached hydrogens (primary N) is 1. The highest BCUT2D eigenvalue weighted by Crippen LogP contribution is 2.23. The zero-order valence-electron chi connectivity index (χ0n) is 9.13. The van der Waals surface area contributed by atoms with E-state index in [2.05, 4.69) is 21.7 Å². The van der Waals surface area contributed by atoms with Crippen molar-refractivity contribution in [2.45, 2.75) is 25.4 Å². The first kappa shape index (κ1) is 9.60. The Morgan fingerprint density at radius 3 is 2.88 bits per heavy atom. The molecule has 2 N–H and O–H groups in total. The Morgan fingerprint density at radius 1 is 1.25 bits per heavy atom. The van der Waals surface area contributed by atoms with Crippen molar-refractivity contribution in [1.29, 1.82) is 0 Å².